The van der Waals surface area contributed by atoms with Crippen molar-refractivity contribution in [3.8, 4) is 6.07 Å². The molecule has 0 bridgehead atoms. The molecule has 7 heteroatoms. The Kier molecular flexibility index (Phi) is 4.93. The average Bonchev–Trinajstić information content (AvgIpc) is 2.47. The molecular weight excluding hydrogens is 295 g/mol. The van der Waals surface area contributed by atoms with Crippen molar-refractivity contribution in [1.29, 1.82) is 5.26 Å². The monoisotopic (exact) mass is 312 g/mol. The van der Waals surface area contributed by atoms with Gasteiger partial charge in [-0.15, -0.1) is 0 Å². The highest BCUT2D eigenvalue weighted by molar-refractivity contribution is 7.89. The fourth-order valence-electron chi connectivity index (χ4n) is 2.61. The molecule has 0 amide bonds. The van der Waals surface area contributed by atoms with Gasteiger partial charge in [0.05, 0.1) is 10.5 Å². The molecule has 0 aliphatic heterocycles. The number of aliphatic hydroxyl groups excluding tert-OH is 1. The first-order valence-corrected chi connectivity index (χ1v) is 8.29. The molecule has 2 N–H and O–H groups in total. The summed E-state index contributed by atoms with van der Waals surface area (Å²) in [4.78, 5) is -0.136. The van der Waals surface area contributed by atoms with Gasteiger partial charge in [-0.2, -0.15) is 5.26 Å². The molecule has 5 nitrogen and oxygen atoms in total. The second-order valence-corrected chi connectivity index (χ2v) is 6.92. The van der Waals surface area contributed by atoms with Crippen LogP contribution in [0.3, 0.4) is 0 Å². The smallest absolute Gasteiger partial charge is 0.240 e. The Balaban J connectivity index is 2.24. The predicted octanol–water partition coefficient (Wildman–Crippen LogP) is 1.53. The van der Waals surface area contributed by atoms with E-state index in [0.717, 1.165) is 37.5 Å². The predicted molar refractivity (Wildman–Crippen MR) is 74.3 cm³/mol. The highest BCUT2D eigenvalue weighted by Crippen LogP contribution is 2.25. The van der Waals surface area contributed by atoms with E-state index in [1.165, 1.54) is 0 Å². The van der Waals surface area contributed by atoms with Crippen molar-refractivity contribution in [2.24, 2.45) is 5.92 Å². The lowest BCUT2D eigenvalue weighted by Gasteiger charge is -2.30. The molecule has 0 aromatic heterocycles. The van der Waals surface area contributed by atoms with Gasteiger partial charge in [0.15, 0.2) is 0 Å². The van der Waals surface area contributed by atoms with Gasteiger partial charge in [0.1, 0.15) is 11.9 Å². The van der Waals surface area contributed by atoms with Crippen molar-refractivity contribution in [1.82, 2.24) is 4.72 Å². The van der Waals surface area contributed by atoms with Crippen molar-refractivity contribution in [3.05, 3.63) is 29.6 Å². The maximum atomic E-state index is 13.3. The number of nitrogens with one attached hydrogen (secondary N) is 1. The molecule has 21 heavy (non-hydrogen) atoms. The Labute approximate surface area is 123 Å². The number of hydrogen-bond acceptors (Lipinski definition) is 4. The number of benzene rings is 1. The van der Waals surface area contributed by atoms with Crippen molar-refractivity contribution in [2.45, 2.75) is 36.6 Å². The molecule has 0 heterocycles. The molecule has 0 radical (unpaired) electrons. The third-order valence-electron chi connectivity index (χ3n) is 3.82. The minimum atomic E-state index is -3.83. The van der Waals surface area contributed by atoms with Gasteiger partial charge in [-0.1, -0.05) is 12.8 Å². The molecule has 0 saturated heterocycles. The molecule has 2 atom stereocenters. The van der Waals surface area contributed by atoms with Crippen molar-refractivity contribution < 1.29 is 17.9 Å². The SMILES string of the molecule is N#Cc1cc(S(=O)(=O)NC2CCCCC2CO)ccc1F. The van der Waals surface area contributed by atoms with Crippen LogP contribution in [0.1, 0.15) is 31.2 Å². The number of aliphatic hydroxyl groups is 1. The van der Waals surface area contributed by atoms with Crippen molar-refractivity contribution in [3.63, 3.8) is 0 Å². The number of nitrogens with zero attached hydrogens (tertiary/aromatic N) is 1. The highest BCUT2D eigenvalue weighted by Gasteiger charge is 2.29. The minimum Gasteiger partial charge on any atom is -0.396 e. The zero-order chi connectivity index (χ0) is 15.5. The lowest BCUT2D eigenvalue weighted by molar-refractivity contribution is 0.164. The third-order valence-corrected chi connectivity index (χ3v) is 5.31. The van der Waals surface area contributed by atoms with Crippen LogP contribution < -0.4 is 4.72 Å². The first kappa shape index (κ1) is 15.9. The van der Waals surface area contributed by atoms with Crippen LogP contribution in [0, 0.1) is 23.1 Å². The summed E-state index contributed by atoms with van der Waals surface area (Å²) in [6.45, 7) is -0.0694. The molecule has 1 aromatic rings. The van der Waals surface area contributed by atoms with Crippen LogP contribution in [0.2, 0.25) is 0 Å². The molecule has 1 fully saturated rings. The van der Waals surface area contributed by atoms with Crippen LogP contribution in [0.15, 0.2) is 23.1 Å². The molecule has 1 aromatic carbocycles. The van der Waals surface area contributed by atoms with Crippen molar-refractivity contribution >= 4 is 10.0 Å². The number of halogens is 1. The maximum Gasteiger partial charge on any atom is 0.240 e. The van der Waals surface area contributed by atoms with E-state index in [-0.39, 0.29) is 29.0 Å². The molecule has 0 spiro atoms. The van der Waals surface area contributed by atoms with Crippen LogP contribution in [0.25, 0.3) is 0 Å². The fourth-order valence-corrected chi connectivity index (χ4v) is 3.97. The van der Waals surface area contributed by atoms with E-state index in [2.05, 4.69) is 4.72 Å². The van der Waals surface area contributed by atoms with E-state index < -0.39 is 15.8 Å². The summed E-state index contributed by atoms with van der Waals surface area (Å²) in [5, 5.41) is 18.1. The number of nitriles is 1. The summed E-state index contributed by atoms with van der Waals surface area (Å²) < 4.78 is 40.5. The van der Waals surface area contributed by atoms with E-state index in [1.54, 1.807) is 6.07 Å². The van der Waals surface area contributed by atoms with E-state index in [9.17, 15) is 17.9 Å². The number of sulfonamides is 1. The summed E-state index contributed by atoms with van der Waals surface area (Å²) in [7, 11) is -3.83. The lowest BCUT2D eigenvalue weighted by atomic mass is 9.86. The van der Waals surface area contributed by atoms with E-state index in [0.29, 0.717) is 6.42 Å². The Morgan fingerprint density at radius 3 is 2.76 bits per heavy atom. The summed E-state index contributed by atoms with van der Waals surface area (Å²) in [5.41, 5.74) is -0.305. The third kappa shape index (κ3) is 3.59. The first-order valence-electron chi connectivity index (χ1n) is 6.81. The van der Waals surface area contributed by atoms with Crippen LogP contribution in [0.5, 0.6) is 0 Å². The molecule has 114 valence electrons. The van der Waals surface area contributed by atoms with Gasteiger partial charge in [-0.25, -0.2) is 17.5 Å². The van der Waals surface area contributed by atoms with Gasteiger partial charge in [-0.05, 0) is 37.0 Å². The molecule has 1 aliphatic carbocycles. The minimum absolute atomic E-state index is 0.0694. The van der Waals surface area contributed by atoms with Crippen LogP contribution in [-0.2, 0) is 10.0 Å². The second kappa shape index (κ2) is 6.52. The summed E-state index contributed by atoms with van der Waals surface area (Å²) in [5.74, 6) is -0.855. The Hall–Kier alpha value is -1.49. The standard InChI is InChI=1S/C14H17FN2O3S/c15-13-6-5-12(7-11(13)8-16)21(19,20)17-14-4-2-1-3-10(14)9-18/h5-7,10,14,17-18H,1-4,9H2. The fraction of sp³-hybridized carbons (Fsp3) is 0.500. The van der Waals surface area contributed by atoms with Crippen LogP contribution in [0.4, 0.5) is 4.39 Å². The quantitative estimate of drug-likeness (QED) is 0.882. The van der Waals surface area contributed by atoms with Gasteiger partial charge in [0.2, 0.25) is 10.0 Å². The van der Waals surface area contributed by atoms with Gasteiger partial charge >= 0.3 is 0 Å². The number of rotatable bonds is 4. The first-order chi connectivity index (χ1) is 9.97. The Bertz CT molecular complexity index is 655. The van der Waals surface area contributed by atoms with Crippen LogP contribution >= 0.6 is 0 Å². The highest BCUT2D eigenvalue weighted by atomic mass is 32.2. The largest absolute Gasteiger partial charge is 0.396 e. The number of hydrogen-bond donors (Lipinski definition) is 2. The molecule has 2 unspecified atom stereocenters. The molecular formula is C14H17FN2O3S. The molecule has 1 saturated carbocycles. The zero-order valence-corrected chi connectivity index (χ0v) is 12.2. The maximum absolute atomic E-state index is 13.3. The lowest BCUT2D eigenvalue weighted by Crippen LogP contribution is -2.43. The van der Waals surface area contributed by atoms with E-state index in [1.807, 2.05) is 0 Å². The van der Waals surface area contributed by atoms with Crippen LogP contribution in [-0.4, -0.2) is 26.2 Å². The Morgan fingerprint density at radius 1 is 1.38 bits per heavy atom. The normalized spacial score (nSPS) is 22.7. The topological polar surface area (TPSA) is 90.2 Å². The second-order valence-electron chi connectivity index (χ2n) is 5.21. The molecule has 2 rings (SSSR count). The van der Waals surface area contributed by atoms with Gasteiger partial charge in [-0.3, -0.25) is 0 Å². The summed E-state index contributed by atoms with van der Waals surface area (Å²) >= 11 is 0. The Morgan fingerprint density at radius 2 is 2.10 bits per heavy atom. The van der Waals surface area contributed by atoms with E-state index >= 15 is 0 Å². The van der Waals surface area contributed by atoms with Gasteiger partial charge in [0.25, 0.3) is 0 Å². The van der Waals surface area contributed by atoms with E-state index in [4.69, 9.17) is 5.26 Å². The van der Waals surface area contributed by atoms with Crippen molar-refractivity contribution in [2.75, 3.05) is 6.61 Å². The molecule has 1 aliphatic rings. The summed E-state index contributed by atoms with van der Waals surface area (Å²) in [6.07, 6.45) is 3.31. The van der Waals surface area contributed by atoms with Gasteiger partial charge < -0.3 is 5.11 Å². The average molecular weight is 312 g/mol. The van der Waals surface area contributed by atoms with Gasteiger partial charge in [0, 0.05) is 12.6 Å². The summed E-state index contributed by atoms with van der Waals surface area (Å²) in [6, 6.07) is 4.42. The zero-order valence-electron chi connectivity index (χ0n) is 11.4.